The molecule has 0 bridgehead atoms. The number of hydrogen-bond acceptors (Lipinski definition) is 4. The summed E-state index contributed by atoms with van der Waals surface area (Å²) in [5.74, 6) is 0.637. The van der Waals surface area contributed by atoms with Crippen LogP contribution >= 0.6 is 0 Å². The lowest BCUT2D eigenvalue weighted by Gasteiger charge is -2.18. The summed E-state index contributed by atoms with van der Waals surface area (Å²) in [6, 6.07) is 23.5. The van der Waals surface area contributed by atoms with Crippen LogP contribution in [-0.4, -0.2) is 24.5 Å². The number of benzene rings is 3. The molecule has 0 aliphatic heterocycles. The molecule has 0 aliphatic rings. The summed E-state index contributed by atoms with van der Waals surface area (Å²) >= 11 is 0. The second-order valence-electron chi connectivity index (χ2n) is 8.43. The van der Waals surface area contributed by atoms with Gasteiger partial charge in [-0.3, -0.25) is 20.4 Å². The van der Waals surface area contributed by atoms with E-state index < -0.39 is 17.9 Å². The van der Waals surface area contributed by atoms with Gasteiger partial charge in [0.05, 0.1) is 0 Å². The Balaban J connectivity index is 1.50. The Hall–Kier alpha value is -3.80. The van der Waals surface area contributed by atoms with Crippen molar-refractivity contribution in [2.75, 3.05) is 6.61 Å². The molecule has 2 amide bonds. The molecule has 6 nitrogen and oxygen atoms in total. The third kappa shape index (κ3) is 6.85. The summed E-state index contributed by atoms with van der Waals surface area (Å²) < 4.78 is 11.5. The molecule has 1 atom stereocenters. The molecule has 0 aliphatic carbocycles. The SMILES string of the molecule is CCC(Oc1ccc(-c2ccccc2)cc1)C(=O)NNC(=O)COc1cc(C)ccc1C(C)C. The van der Waals surface area contributed by atoms with Crippen molar-refractivity contribution < 1.29 is 19.1 Å². The molecule has 0 heterocycles. The number of aryl methyl sites for hydroxylation is 1. The molecule has 2 N–H and O–H groups in total. The lowest BCUT2D eigenvalue weighted by Crippen LogP contribution is -2.49. The Bertz CT molecular complexity index is 1100. The third-order valence-corrected chi connectivity index (χ3v) is 5.38. The molecule has 34 heavy (non-hydrogen) atoms. The number of hydrogen-bond donors (Lipinski definition) is 2. The van der Waals surface area contributed by atoms with Crippen molar-refractivity contribution >= 4 is 11.8 Å². The van der Waals surface area contributed by atoms with E-state index in [2.05, 4.69) is 24.7 Å². The van der Waals surface area contributed by atoms with E-state index in [9.17, 15) is 9.59 Å². The second kappa shape index (κ2) is 11.9. The topological polar surface area (TPSA) is 76.7 Å². The molecule has 3 aromatic carbocycles. The Morgan fingerprint density at radius 1 is 0.882 bits per heavy atom. The van der Waals surface area contributed by atoms with Gasteiger partial charge < -0.3 is 9.47 Å². The maximum Gasteiger partial charge on any atom is 0.279 e. The Labute approximate surface area is 201 Å². The zero-order valence-electron chi connectivity index (χ0n) is 20.1. The number of carbonyl (C=O) groups is 2. The molecule has 0 spiro atoms. The minimum Gasteiger partial charge on any atom is -0.483 e. The van der Waals surface area contributed by atoms with Gasteiger partial charge in [0, 0.05) is 0 Å². The molecule has 1 unspecified atom stereocenters. The quantitative estimate of drug-likeness (QED) is 0.432. The van der Waals surface area contributed by atoms with Gasteiger partial charge in [-0.05, 0) is 59.7 Å². The van der Waals surface area contributed by atoms with Gasteiger partial charge in [-0.15, -0.1) is 0 Å². The lowest BCUT2D eigenvalue weighted by molar-refractivity contribution is -0.134. The van der Waals surface area contributed by atoms with Crippen LogP contribution in [-0.2, 0) is 9.59 Å². The van der Waals surface area contributed by atoms with Crippen LogP contribution in [0, 0.1) is 6.92 Å². The first-order chi connectivity index (χ1) is 16.4. The molecule has 0 aromatic heterocycles. The van der Waals surface area contributed by atoms with Crippen LogP contribution in [0.15, 0.2) is 72.8 Å². The van der Waals surface area contributed by atoms with Crippen LogP contribution in [0.2, 0.25) is 0 Å². The van der Waals surface area contributed by atoms with Gasteiger partial charge in [0.25, 0.3) is 11.8 Å². The van der Waals surface area contributed by atoms with E-state index in [1.807, 2.05) is 86.6 Å². The molecule has 0 fully saturated rings. The van der Waals surface area contributed by atoms with Gasteiger partial charge in [-0.2, -0.15) is 0 Å². The van der Waals surface area contributed by atoms with Gasteiger partial charge in [-0.1, -0.05) is 75.4 Å². The third-order valence-electron chi connectivity index (χ3n) is 5.38. The van der Waals surface area contributed by atoms with Crippen LogP contribution in [0.1, 0.15) is 44.2 Å². The van der Waals surface area contributed by atoms with Crippen molar-refractivity contribution in [3.05, 3.63) is 83.9 Å². The van der Waals surface area contributed by atoms with Gasteiger partial charge in [0.2, 0.25) is 0 Å². The monoisotopic (exact) mass is 460 g/mol. The van der Waals surface area contributed by atoms with E-state index in [1.165, 1.54) is 0 Å². The highest BCUT2D eigenvalue weighted by Gasteiger charge is 2.19. The first-order valence-electron chi connectivity index (χ1n) is 11.5. The number of hydrazine groups is 1. The molecule has 3 rings (SSSR count). The van der Waals surface area contributed by atoms with Gasteiger partial charge in [0.15, 0.2) is 12.7 Å². The van der Waals surface area contributed by atoms with E-state index in [1.54, 1.807) is 0 Å². The fraction of sp³-hybridized carbons (Fsp3) is 0.286. The van der Waals surface area contributed by atoms with Gasteiger partial charge >= 0.3 is 0 Å². The lowest BCUT2D eigenvalue weighted by atomic mass is 10.0. The average molecular weight is 461 g/mol. The number of ether oxygens (including phenoxy) is 2. The summed E-state index contributed by atoms with van der Waals surface area (Å²) in [5.41, 5.74) is 9.08. The number of rotatable bonds is 9. The van der Waals surface area contributed by atoms with Crippen molar-refractivity contribution in [2.24, 2.45) is 0 Å². The highest BCUT2D eigenvalue weighted by molar-refractivity contribution is 5.85. The standard InChI is InChI=1S/C28H32N2O4/c1-5-25(34-23-14-12-22(13-15-23)21-9-7-6-8-10-21)28(32)30-29-27(31)18-33-26-17-20(4)11-16-24(26)19(2)3/h6-17,19,25H,5,18H2,1-4H3,(H,29,31)(H,30,32). The van der Waals surface area contributed by atoms with Gasteiger partial charge in [0.1, 0.15) is 11.5 Å². The van der Waals surface area contributed by atoms with E-state index in [0.29, 0.717) is 17.9 Å². The largest absolute Gasteiger partial charge is 0.483 e. The van der Waals surface area contributed by atoms with E-state index >= 15 is 0 Å². The molecule has 0 saturated heterocycles. The summed E-state index contributed by atoms with van der Waals surface area (Å²) in [6.45, 7) is 7.74. The van der Waals surface area contributed by atoms with Crippen LogP contribution in [0.25, 0.3) is 11.1 Å². The molecular weight excluding hydrogens is 428 g/mol. The maximum atomic E-state index is 12.5. The minimum atomic E-state index is -0.742. The molecule has 0 saturated carbocycles. The highest BCUT2D eigenvalue weighted by atomic mass is 16.5. The van der Waals surface area contributed by atoms with E-state index in [-0.39, 0.29) is 12.5 Å². The van der Waals surface area contributed by atoms with Crippen molar-refractivity contribution in [1.29, 1.82) is 0 Å². The first kappa shape index (κ1) is 24.8. The normalized spacial score (nSPS) is 11.6. The van der Waals surface area contributed by atoms with Crippen LogP contribution < -0.4 is 20.3 Å². The van der Waals surface area contributed by atoms with Crippen molar-refractivity contribution in [3.63, 3.8) is 0 Å². The molecule has 178 valence electrons. The van der Waals surface area contributed by atoms with Crippen LogP contribution in [0.4, 0.5) is 0 Å². The van der Waals surface area contributed by atoms with Crippen LogP contribution in [0.3, 0.4) is 0 Å². The fourth-order valence-corrected chi connectivity index (χ4v) is 3.48. The number of nitrogens with one attached hydrogen (secondary N) is 2. The zero-order chi connectivity index (χ0) is 24.5. The highest BCUT2D eigenvalue weighted by Crippen LogP contribution is 2.27. The predicted octanol–water partition coefficient (Wildman–Crippen LogP) is 5.17. The van der Waals surface area contributed by atoms with Crippen molar-refractivity contribution in [1.82, 2.24) is 10.9 Å². The van der Waals surface area contributed by atoms with E-state index in [4.69, 9.17) is 9.47 Å². The summed E-state index contributed by atoms with van der Waals surface area (Å²) in [7, 11) is 0. The molecular formula is C28H32N2O4. The smallest absolute Gasteiger partial charge is 0.279 e. The Morgan fingerprint density at radius 3 is 2.21 bits per heavy atom. The summed E-state index contributed by atoms with van der Waals surface area (Å²) in [4.78, 5) is 24.8. The maximum absolute atomic E-state index is 12.5. The van der Waals surface area contributed by atoms with Gasteiger partial charge in [-0.25, -0.2) is 0 Å². The Kier molecular flexibility index (Phi) is 8.68. The predicted molar refractivity (Wildman–Crippen MR) is 134 cm³/mol. The minimum absolute atomic E-state index is 0.206. The Morgan fingerprint density at radius 2 is 1.56 bits per heavy atom. The fourth-order valence-electron chi connectivity index (χ4n) is 3.48. The first-order valence-corrected chi connectivity index (χ1v) is 11.5. The molecule has 6 heteroatoms. The van der Waals surface area contributed by atoms with Crippen LogP contribution in [0.5, 0.6) is 11.5 Å². The van der Waals surface area contributed by atoms with Crippen molar-refractivity contribution in [3.8, 4) is 22.6 Å². The van der Waals surface area contributed by atoms with Crippen molar-refractivity contribution in [2.45, 2.75) is 46.1 Å². The molecule has 0 radical (unpaired) electrons. The molecule has 3 aromatic rings. The zero-order valence-corrected chi connectivity index (χ0v) is 20.1. The summed E-state index contributed by atoms with van der Waals surface area (Å²) in [5, 5.41) is 0. The van der Waals surface area contributed by atoms with E-state index in [0.717, 1.165) is 22.3 Å². The average Bonchev–Trinajstić information content (AvgIpc) is 2.85. The number of carbonyl (C=O) groups excluding carboxylic acids is 2. The number of amides is 2. The second-order valence-corrected chi connectivity index (χ2v) is 8.43. The summed E-state index contributed by atoms with van der Waals surface area (Å²) in [6.07, 6.45) is -0.298.